The Hall–Kier alpha value is -3.81. The van der Waals surface area contributed by atoms with Gasteiger partial charge in [0.15, 0.2) is 11.5 Å². The molecule has 1 amide bonds. The fourth-order valence-corrected chi connectivity index (χ4v) is 3.00. The summed E-state index contributed by atoms with van der Waals surface area (Å²) in [6.07, 6.45) is 3.20. The molecule has 0 unspecified atom stereocenters. The van der Waals surface area contributed by atoms with Crippen molar-refractivity contribution in [1.29, 1.82) is 0 Å². The van der Waals surface area contributed by atoms with Crippen LogP contribution < -0.4 is 20.5 Å². The molecule has 2 aromatic carbocycles. The Bertz CT molecular complexity index is 1170. The number of fused-ring (bicyclic) bond motifs is 2. The summed E-state index contributed by atoms with van der Waals surface area (Å²) in [5.74, 6) is 0.499. The minimum atomic E-state index is -0.579. The van der Waals surface area contributed by atoms with E-state index >= 15 is 0 Å². The molecule has 0 fully saturated rings. The van der Waals surface area contributed by atoms with Crippen LogP contribution in [-0.2, 0) is 0 Å². The number of pyridine rings is 1. The quantitative estimate of drug-likeness (QED) is 0.502. The first-order chi connectivity index (χ1) is 13.1. The molecule has 2 heterocycles. The first kappa shape index (κ1) is 16.6. The van der Waals surface area contributed by atoms with Gasteiger partial charge in [0.05, 0.1) is 42.7 Å². The summed E-state index contributed by atoms with van der Waals surface area (Å²) in [5, 5.41) is 11.9. The molecule has 0 atom stereocenters. The van der Waals surface area contributed by atoms with Crippen molar-refractivity contribution in [3.8, 4) is 11.5 Å². The van der Waals surface area contributed by atoms with E-state index in [9.17, 15) is 4.79 Å². The van der Waals surface area contributed by atoms with E-state index in [1.54, 1.807) is 32.5 Å². The molecule has 0 aliphatic carbocycles. The number of methoxy groups -OCH3 is 2. The zero-order valence-electron chi connectivity index (χ0n) is 14.7. The first-order valence-electron chi connectivity index (χ1n) is 8.15. The number of aromatic nitrogens is 3. The van der Waals surface area contributed by atoms with E-state index in [0.717, 1.165) is 16.6 Å². The van der Waals surface area contributed by atoms with Gasteiger partial charge >= 0.3 is 0 Å². The standard InChI is InChI=1S/C19H17N5O3/c1-26-16-6-12-15(7-17(16)27-2)21-9-13(19(20)25)18(12)23-11-4-3-10-8-22-24-14(10)5-11/h3-9H,1-2H3,(H2,20,25)(H,21,23)(H,22,24). The third-order valence-corrected chi connectivity index (χ3v) is 4.35. The van der Waals surface area contributed by atoms with Crippen LogP contribution >= 0.6 is 0 Å². The van der Waals surface area contributed by atoms with Crippen molar-refractivity contribution in [3.63, 3.8) is 0 Å². The first-order valence-corrected chi connectivity index (χ1v) is 8.15. The molecule has 0 saturated heterocycles. The van der Waals surface area contributed by atoms with E-state index in [2.05, 4.69) is 20.5 Å². The van der Waals surface area contributed by atoms with Crippen molar-refractivity contribution in [2.45, 2.75) is 0 Å². The van der Waals surface area contributed by atoms with Crippen LogP contribution in [-0.4, -0.2) is 35.3 Å². The number of ether oxygens (including phenoxy) is 2. The number of hydrogen-bond donors (Lipinski definition) is 3. The second-order valence-electron chi connectivity index (χ2n) is 5.93. The van der Waals surface area contributed by atoms with Gasteiger partial charge < -0.3 is 20.5 Å². The highest BCUT2D eigenvalue weighted by molar-refractivity contribution is 6.08. The van der Waals surface area contributed by atoms with Crippen LogP contribution in [0.5, 0.6) is 11.5 Å². The van der Waals surface area contributed by atoms with E-state index < -0.39 is 5.91 Å². The number of H-pyrrole nitrogens is 1. The van der Waals surface area contributed by atoms with Crippen molar-refractivity contribution in [2.24, 2.45) is 5.73 Å². The highest BCUT2D eigenvalue weighted by atomic mass is 16.5. The number of nitrogens with two attached hydrogens (primary N) is 1. The molecule has 0 bridgehead atoms. The molecule has 0 aliphatic heterocycles. The molecule has 2 aromatic heterocycles. The van der Waals surface area contributed by atoms with E-state index in [1.165, 1.54) is 6.20 Å². The lowest BCUT2D eigenvalue weighted by molar-refractivity contribution is 0.100. The molecule has 8 nitrogen and oxygen atoms in total. The molecule has 4 N–H and O–H groups in total. The number of carbonyl (C=O) groups excluding carboxylic acids is 1. The van der Waals surface area contributed by atoms with E-state index in [1.807, 2.05) is 18.2 Å². The van der Waals surface area contributed by atoms with Crippen LogP contribution in [0.15, 0.2) is 42.7 Å². The molecule has 0 spiro atoms. The zero-order valence-corrected chi connectivity index (χ0v) is 14.7. The number of aromatic amines is 1. The number of rotatable bonds is 5. The molecule has 0 saturated carbocycles. The fourth-order valence-electron chi connectivity index (χ4n) is 3.00. The van der Waals surface area contributed by atoms with Gasteiger partial charge in [-0.2, -0.15) is 5.10 Å². The van der Waals surface area contributed by atoms with Crippen molar-refractivity contribution in [2.75, 3.05) is 19.5 Å². The Morgan fingerprint density at radius 2 is 1.89 bits per heavy atom. The number of anilines is 2. The van der Waals surface area contributed by atoms with Gasteiger partial charge in [0.1, 0.15) is 0 Å². The number of carbonyl (C=O) groups is 1. The molecular formula is C19H17N5O3. The summed E-state index contributed by atoms with van der Waals surface area (Å²) in [4.78, 5) is 16.3. The van der Waals surface area contributed by atoms with E-state index in [0.29, 0.717) is 28.1 Å². The predicted octanol–water partition coefficient (Wildman–Crippen LogP) is 2.97. The maximum Gasteiger partial charge on any atom is 0.252 e. The molecule has 4 rings (SSSR count). The Labute approximate surface area is 154 Å². The molecule has 8 heteroatoms. The second-order valence-corrected chi connectivity index (χ2v) is 5.93. The van der Waals surface area contributed by atoms with Crippen LogP contribution in [0, 0.1) is 0 Å². The van der Waals surface area contributed by atoms with Gasteiger partial charge in [-0.25, -0.2) is 0 Å². The van der Waals surface area contributed by atoms with Gasteiger partial charge in [0.2, 0.25) is 0 Å². The number of nitrogens with one attached hydrogen (secondary N) is 2. The van der Waals surface area contributed by atoms with Crippen molar-refractivity contribution >= 4 is 39.1 Å². The minimum absolute atomic E-state index is 0.277. The van der Waals surface area contributed by atoms with Crippen LogP contribution in [0.3, 0.4) is 0 Å². The lowest BCUT2D eigenvalue weighted by Gasteiger charge is -2.15. The highest BCUT2D eigenvalue weighted by Gasteiger charge is 2.17. The van der Waals surface area contributed by atoms with Gasteiger partial charge in [0.25, 0.3) is 5.91 Å². The Morgan fingerprint density at radius 3 is 2.63 bits per heavy atom. The zero-order chi connectivity index (χ0) is 19.0. The SMILES string of the molecule is COc1cc2ncc(C(N)=O)c(Nc3ccc4cn[nH]c4c3)c2cc1OC. The van der Waals surface area contributed by atoms with Gasteiger partial charge in [0, 0.05) is 28.7 Å². The average Bonchev–Trinajstić information content (AvgIpc) is 3.14. The summed E-state index contributed by atoms with van der Waals surface area (Å²) < 4.78 is 10.7. The van der Waals surface area contributed by atoms with E-state index in [-0.39, 0.29) is 5.56 Å². The van der Waals surface area contributed by atoms with Crippen LogP contribution in [0.4, 0.5) is 11.4 Å². The van der Waals surface area contributed by atoms with E-state index in [4.69, 9.17) is 15.2 Å². The largest absolute Gasteiger partial charge is 0.493 e. The maximum absolute atomic E-state index is 12.0. The molecule has 0 aliphatic rings. The van der Waals surface area contributed by atoms with Gasteiger partial charge in [-0.05, 0) is 24.3 Å². The number of primary amides is 1. The number of hydrogen-bond acceptors (Lipinski definition) is 6. The second kappa shape index (κ2) is 6.49. The molecule has 0 radical (unpaired) electrons. The topological polar surface area (TPSA) is 115 Å². The van der Waals surface area contributed by atoms with Gasteiger partial charge in [-0.1, -0.05) is 0 Å². The van der Waals surface area contributed by atoms with Crippen molar-refractivity contribution < 1.29 is 14.3 Å². The summed E-state index contributed by atoms with van der Waals surface area (Å²) in [6.45, 7) is 0. The van der Waals surface area contributed by atoms with Crippen LogP contribution in [0.25, 0.3) is 21.8 Å². The monoisotopic (exact) mass is 363 g/mol. The predicted molar refractivity (Wildman–Crippen MR) is 103 cm³/mol. The third-order valence-electron chi connectivity index (χ3n) is 4.35. The number of amides is 1. The summed E-state index contributed by atoms with van der Waals surface area (Å²) in [7, 11) is 3.11. The Morgan fingerprint density at radius 1 is 1.11 bits per heavy atom. The lowest BCUT2D eigenvalue weighted by atomic mass is 10.1. The number of benzene rings is 2. The average molecular weight is 363 g/mol. The smallest absolute Gasteiger partial charge is 0.252 e. The molecule has 27 heavy (non-hydrogen) atoms. The summed E-state index contributed by atoms with van der Waals surface area (Å²) in [5.41, 5.74) is 8.68. The Kier molecular flexibility index (Phi) is 4.00. The van der Waals surface area contributed by atoms with Crippen molar-refractivity contribution in [3.05, 3.63) is 48.3 Å². The summed E-state index contributed by atoms with van der Waals surface area (Å²) in [6, 6.07) is 9.25. The van der Waals surface area contributed by atoms with Gasteiger partial charge in [-0.3, -0.25) is 14.9 Å². The molecule has 136 valence electrons. The van der Waals surface area contributed by atoms with Crippen LogP contribution in [0.1, 0.15) is 10.4 Å². The Balaban J connectivity index is 1.92. The number of nitrogens with zero attached hydrogens (tertiary/aromatic N) is 2. The molecular weight excluding hydrogens is 346 g/mol. The normalized spacial score (nSPS) is 10.9. The van der Waals surface area contributed by atoms with Crippen molar-refractivity contribution in [1.82, 2.24) is 15.2 Å². The molecule has 4 aromatic rings. The lowest BCUT2D eigenvalue weighted by Crippen LogP contribution is -2.14. The maximum atomic E-state index is 12.0. The fraction of sp³-hybridized carbons (Fsp3) is 0.105. The van der Waals surface area contributed by atoms with Crippen LogP contribution in [0.2, 0.25) is 0 Å². The van der Waals surface area contributed by atoms with Gasteiger partial charge in [-0.15, -0.1) is 0 Å². The minimum Gasteiger partial charge on any atom is -0.493 e. The summed E-state index contributed by atoms with van der Waals surface area (Å²) >= 11 is 0. The third kappa shape index (κ3) is 2.86. The highest BCUT2D eigenvalue weighted by Crippen LogP contribution is 2.37.